The third-order valence-electron chi connectivity index (χ3n) is 14.1. The Kier molecular flexibility index (Phi) is 7.57. The number of allylic oxidation sites excluding steroid dienone is 12. The van der Waals surface area contributed by atoms with Gasteiger partial charge in [-0.3, -0.25) is 0 Å². The molecule has 0 amide bonds. The van der Waals surface area contributed by atoms with Crippen LogP contribution in [0.5, 0.6) is 5.75 Å². The highest BCUT2D eigenvalue weighted by Crippen LogP contribution is 2.65. The summed E-state index contributed by atoms with van der Waals surface area (Å²) in [6.07, 6.45) is 40.9. The molecule has 2 aromatic rings. The van der Waals surface area contributed by atoms with E-state index in [0.29, 0.717) is 6.04 Å². The molecular weight excluding hydrogens is 635 g/mol. The van der Waals surface area contributed by atoms with Crippen molar-refractivity contribution in [2.75, 3.05) is 4.90 Å². The molecule has 7 atom stereocenters. The van der Waals surface area contributed by atoms with Crippen LogP contribution in [0.2, 0.25) is 0 Å². The van der Waals surface area contributed by atoms with Crippen LogP contribution in [0.4, 0.5) is 5.69 Å². The highest BCUT2D eigenvalue weighted by molar-refractivity contribution is 5.93. The molecule has 9 aliphatic rings. The first-order valence-electron chi connectivity index (χ1n) is 20.7. The van der Waals surface area contributed by atoms with Crippen molar-refractivity contribution in [2.45, 2.75) is 120 Å². The summed E-state index contributed by atoms with van der Waals surface area (Å²) in [7, 11) is 0. The molecule has 0 radical (unpaired) electrons. The van der Waals surface area contributed by atoms with E-state index >= 15 is 0 Å². The van der Waals surface area contributed by atoms with Gasteiger partial charge in [-0.2, -0.15) is 0 Å². The van der Waals surface area contributed by atoms with Crippen molar-refractivity contribution in [3.8, 4) is 5.75 Å². The maximum Gasteiger partial charge on any atom is 0.124 e. The maximum atomic E-state index is 7.44. The topological polar surface area (TPSA) is 21.7 Å². The monoisotopic (exact) mass is 685 g/mol. The molecule has 1 saturated heterocycles. The lowest BCUT2D eigenvalue weighted by Crippen LogP contribution is -2.62. The summed E-state index contributed by atoms with van der Waals surface area (Å²) >= 11 is 0. The van der Waals surface area contributed by atoms with Crippen LogP contribution in [-0.2, 0) is 10.2 Å². The van der Waals surface area contributed by atoms with E-state index in [-0.39, 0.29) is 35.6 Å². The van der Waals surface area contributed by atoms with Crippen LogP contribution in [0, 0.1) is 11.8 Å². The molecule has 264 valence electrons. The Balaban J connectivity index is 1.14. The number of ether oxygens (including phenoxy) is 2. The smallest absolute Gasteiger partial charge is 0.124 e. The molecule has 2 aromatic carbocycles. The summed E-state index contributed by atoms with van der Waals surface area (Å²) in [5, 5.41) is 0. The summed E-state index contributed by atoms with van der Waals surface area (Å²) in [5.41, 5.74) is 14.6. The van der Waals surface area contributed by atoms with Crippen molar-refractivity contribution in [2.24, 2.45) is 11.8 Å². The van der Waals surface area contributed by atoms with Gasteiger partial charge in [0.1, 0.15) is 11.9 Å². The quantitative estimate of drug-likeness (QED) is 0.300. The molecule has 0 N–H and O–H groups in total. The standard InChI is InChI=1S/C49H51NO2/c1-3-15-32(16-4-1)33-29-30-40-46(31-33)52-45-28-14-21-36(48(45)49(40)38-22-8-11-26-43(38)51-44-27-12-9-23-39(44)49)35-20-13-25-42-47(35)37-19-7-10-24-41(37)50(42)34-17-5-2-6-18-34/h2-3,5,7-8,10,15-17,19,21-24,29-31,38,42-45,48H,1,4,6,9,11-14,18,20,25-28H2. The summed E-state index contributed by atoms with van der Waals surface area (Å²) in [6, 6.07) is 17.1. The zero-order valence-corrected chi connectivity index (χ0v) is 30.4. The van der Waals surface area contributed by atoms with E-state index in [1.165, 1.54) is 52.9 Å². The Morgan fingerprint density at radius 1 is 0.769 bits per heavy atom. The highest BCUT2D eigenvalue weighted by Gasteiger charge is 2.63. The van der Waals surface area contributed by atoms with Gasteiger partial charge in [0, 0.05) is 39.8 Å². The van der Waals surface area contributed by atoms with E-state index < -0.39 is 0 Å². The van der Waals surface area contributed by atoms with E-state index in [1.54, 1.807) is 22.3 Å². The minimum absolute atomic E-state index is 0.128. The van der Waals surface area contributed by atoms with Gasteiger partial charge in [0.15, 0.2) is 0 Å². The second-order valence-corrected chi connectivity index (χ2v) is 16.7. The van der Waals surface area contributed by atoms with Crippen LogP contribution in [0.25, 0.3) is 11.1 Å². The van der Waals surface area contributed by atoms with Crippen LogP contribution in [0.3, 0.4) is 0 Å². The molecule has 0 saturated carbocycles. The van der Waals surface area contributed by atoms with E-state index in [2.05, 4.69) is 108 Å². The van der Waals surface area contributed by atoms with Crippen LogP contribution >= 0.6 is 0 Å². The van der Waals surface area contributed by atoms with Gasteiger partial charge in [0.2, 0.25) is 0 Å². The Morgan fingerprint density at radius 3 is 2.65 bits per heavy atom. The maximum absolute atomic E-state index is 7.44. The second kappa shape index (κ2) is 12.5. The summed E-state index contributed by atoms with van der Waals surface area (Å²) in [4.78, 5) is 2.74. The van der Waals surface area contributed by atoms with Crippen molar-refractivity contribution < 1.29 is 9.47 Å². The molecular formula is C49H51NO2. The fourth-order valence-corrected chi connectivity index (χ4v) is 12.2. The summed E-state index contributed by atoms with van der Waals surface area (Å²) in [5.74, 6) is 1.66. The number of benzene rings is 2. The molecule has 3 aliphatic heterocycles. The first-order valence-corrected chi connectivity index (χ1v) is 20.7. The van der Waals surface area contributed by atoms with Crippen LogP contribution < -0.4 is 9.64 Å². The fraction of sp³-hybridized carbons (Fsp3) is 0.429. The van der Waals surface area contributed by atoms with Crippen molar-refractivity contribution in [1.29, 1.82) is 0 Å². The van der Waals surface area contributed by atoms with Crippen molar-refractivity contribution in [3.05, 3.63) is 142 Å². The third-order valence-corrected chi connectivity index (χ3v) is 14.1. The summed E-state index contributed by atoms with van der Waals surface area (Å²) < 4.78 is 14.6. The molecule has 0 aromatic heterocycles. The lowest BCUT2D eigenvalue weighted by atomic mass is 9.47. The number of hydrogen-bond acceptors (Lipinski definition) is 3. The Hall–Kier alpha value is -4.08. The molecule has 3 heteroatoms. The Morgan fingerprint density at radius 2 is 1.73 bits per heavy atom. The predicted molar refractivity (Wildman–Crippen MR) is 212 cm³/mol. The van der Waals surface area contributed by atoms with Crippen molar-refractivity contribution in [3.63, 3.8) is 0 Å². The summed E-state index contributed by atoms with van der Waals surface area (Å²) in [6.45, 7) is 0. The van der Waals surface area contributed by atoms with Gasteiger partial charge in [-0.25, -0.2) is 0 Å². The van der Waals surface area contributed by atoms with Crippen LogP contribution in [0.15, 0.2) is 126 Å². The first kappa shape index (κ1) is 31.4. The minimum atomic E-state index is -0.195. The SMILES string of the molecule is C1=CCCC(N2c3ccccc3C3=C(C4=CCCC5Oc6cc(C7=CCCC=C7)ccc6C6(C7=CCCCC7OC7CCC=CC76)C45)CCCC32)=C1. The molecule has 1 spiro atoms. The first-order chi connectivity index (χ1) is 25.8. The normalized spacial score (nSPS) is 34.1. The highest BCUT2D eigenvalue weighted by atomic mass is 16.5. The number of rotatable bonds is 3. The van der Waals surface area contributed by atoms with Gasteiger partial charge in [0.05, 0.1) is 18.2 Å². The van der Waals surface area contributed by atoms with Gasteiger partial charge in [-0.1, -0.05) is 85.0 Å². The lowest BCUT2D eigenvalue weighted by Gasteiger charge is -2.61. The van der Waals surface area contributed by atoms with E-state index in [1.807, 2.05) is 0 Å². The number of nitrogens with zero attached hydrogens (tertiary/aromatic N) is 1. The van der Waals surface area contributed by atoms with Crippen molar-refractivity contribution >= 4 is 16.8 Å². The van der Waals surface area contributed by atoms with Crippen LogP contribution in [-0.4, -0.2) is 24.4 Å². The van der Waals surface area contributed by atoms with Gasteiger partial charge < -0.3 is 14.4 Å². The van der Waals surface area contributed by atoms with E-state index in [0.717, 1.165) is 76.4 Å². The minimum Gasteiger partial charge on any atom is -0.489 e. The fourth-order valence-electron chi connectivity index (χ4n) is 12.2. The zero-order chi connectivity index (χ0) is 34.2. The number of fused-ring (bicyclic) bond motifs is 11. The molecule has 7 unspecified atom stereocenters. The number of hydrogen-bond donors (Lipinski definition) is 0. The average molecular weight is 686 g/mol. The van der Waals surface area contributed by atoms with E-state index in [4.69, 9.17) is 9.47 Å². The molecule has 11 rings (SSSR count). The molecule has 3 nitrogen and oxygen atoms in total. The van der Waals surface area contributed by atoms with Crippen molar-refractivity contribution in [1.82, 2.24) is 0 Å². The zero-order valence-electron chi connectivity index (χ0n) is 30.4. The lowest BCUT2D eigenvalue weighted by molar-refractivity contribution is -0.105. The number of para-hydroxylation sites is 1. The average Bonchev–Trinajstić information content (AvgIpc) is 3.56. The molecule has 0 bridgehead atoms. The van der Waals surface area contributed by atoms with Gasteiger partial charge in [-0.15, -0.1) is 0 Å². The molecule has 52 heavy (non-hydrogen) atoms. The predicted octanol–water partition coefficient (Wildman–Crippen LogP) is 11.7. The second-order valence-electron chi connectivity index (χ2n) is 16.7. The largest absolute Gasteiger partial charge is 0.489 e. The van der Waals surface area contributed by atoms with E-state index in [9.17, 15) is 0 Å². The van der Waals surface area contributed by atoms with Gasteiger partial charge in [0.25, 0.3) is 0 Å². The Bertz CT molecular complexity index is 2070. The molecule has 1 fully saturated rings. The molecule has 3 heterocycles. The van der Waals surface area contributed by atoms with Crippen LogP contribution in [0.1, 0.15) is 107 Å². The Labute approximate surface area is 309 Å². The van der Waals surface area contributed by atoms with Gasteiger partial charge in [-0.05, 0) is 142 Å². The van der Waals surface area contributed by atoms with Gasteiger partial charge >= 0.3 is 0 Å². The molecule has 6 aliphatic carbocycles. The third kappa shape index (κ3) is 4.60. The number of anilines is 1.